The summed E-state index contributed by atoms with van der Waals surface area (Å²) in [7, 11) is 0. The van der Waals surface area contributed by atoms with Gasteiger partial charge in [-0.15, -0.1) is 0 Å². The Balaban J connectivity index is 1.22. The molecule has 0 unspecified atom stereocenters. The fraction of sp³-hybridized carbons (Fsp3) is 0.476. The van der Waals surface area contributed by atoms with Gasteiger partial charge in [0, 0.05) is 44.3 Å². The van der Waals surface area contributed by atoms with Crippen molar-refractivity contribution >= 4 is 16.9 Å². The third kappa shape index (κ3) is 3.08. The van der Waals surface area contributed by atoms with Crippen LogP contribution >= 0.6 is 0 Å². The lowest BCUT2D eigenvalue weighted by molar-refractivity contribution is 0.117. The van der Waals surface area contributed by atoms with Crippen molar-refractivity contribution in [3.8, 4) is 0 Å². The largest absolute Gasteiger partial charge is 0.449 e. The van der Waals surface area contributed by atoms with Crippen LogP contribution in [0.2, 0.25) is 0 Å². The molecule has 0 aliphatic carbocycles. The number of hydrogen-bond donors (Lipinski definition) is 1. The number of piperidine rings is 2. The summed E-state index contributed by atoms with van der Waals surface area (Å²) < 4.78 is 7.51. The molecule has 0 bridgehead atoms. The van der Waals surface area contributed by atoms with Crippen LogP contribution in [0.4, 0.5) is 5.88 Å². The number of furan rings is 1. The van der Waals surface area contributed by atoms with Crippen LogP contribution in [-0.2, 0) is 0 Å². The van der Waals surface area contributed by atoms with E-state index in [-0.39, 0.29) is 5.69 Å². The van der Waals surface area contributed by atoms with Gasteiger partial charge in [-0.3, -0.25) is 4.57 Å². The molecule has 2 saturated heterocycles. The number of aromatic amines is 1. The van der Waals surface area contributed by atoms with Crippen molar-refractivity contribution in [3.63, 3.8) is 0 Å². The standard InChI is InChI=1S/C21H26N4O2/c26-21-22-18-4-1-2-5-19(18)25(21)17-9-11-23(12-10-17)16-7-13-24(14-8-16)20-6-3-15-27-20/h1-6,15-17H,7-14H2,(H,22,26). The van der Waals surface area contributed by atoms with Gasteiger partial charge in [0.2, 0.25) is 0 Å². The molecule has 2 fully saturated rings. The van der Waals surface area contributed by atoms with E-state index in [0.717, 1.165) is 55.9 Å². The second-order valence-electron chi connectivity index (χ2n) is 7.75. The highest BCUT2D eigenvalue weighted by Crippen LogP contribution is 2.29. The molecule has 2 aromatic heterocycles. The van der Waals surface area contributed by atoms with Gasteiger partial charge in [-0.25, -0.2) is 4.79 Å². The van der Waals surface area contributed by atoms with Crippen molar-refractivity contribution in [1.82, 2.24) is 14.5 Å². The first-order chi connectivity index (χ1) is 13.3. The van der Waals surface area contributed by atoms with Crippen molar-refractivity contribution in [2.75, 3.05) is 31.1 Å². The summed E-state index contributed by atoms with van der Waals surface area (Å²) in [5.74, 6) is 0.992. The van der Waals surface area contributed by atoms with Gasteiger partial charge in [-0.2, -0.15) is 0 Å². The van der Waals surface area contributed by atoms with Gasteiger partial charge in [0.25, 0.3) is 0 Å². The lowest BCUT2D eigenvalue weighted by atomic mass is 9.97. The van der Waals surface area contributed by atoms with E-state index < -0.39 is 0 Å². The predicted octanol–water partition coefficient (Wildman–Crippen LogP) is 3.23. The summed E-state index contributed by atoms with van der Waals surface area (Å²) in [4.78, 5) is 20.4. The lowest BCUT2D eigenvalue weighted by Gasteiger charge is -2.41. The summed E-state index contributed by atoms with van der Waals surface area (Å²) >= 11 is 0. The highest BCUT2D eigenvalue weighted by molar-refractivity contribution is 5.75. The Morgan fingerprint density at radius 1 is 0.889 bits per heavy atom. The van der Waals surface area contributed by atoms with E-state index in [1.165, 1.54) is 12.8 Å². The minimum Gasteiger partial charge on any atom is -0.449 e. The van der Waals surface area contributed by atoms with Crippen molar-refractivity contribution in [3.05, 3.63) is 53.1 Å². The van der Waals surface area contributed by atoms with Gasteiger partial charge in [-0.1, -0.05) is 12.1 Å². The van der Waals surface area contributed by atoms with E-state index in [1.54, 1.807) is 6.26 Å². The molecular weight excluding hydrogens is 340 g/mol. The summed E-state index contributed by atoms with van der Waals surface area (Å²) in [6, 6.07) is 13.0. The van der Waals surface area contributed by atoms with Crippen molar-refractivity contribution < 1.29 is 4.42 Å². The van der Waals surface area contributed by atoms with Crippen molar-refractivity contribution in [2.24, 2.45) is 0 Å². The SMILES string of the molecule is O=c1[nH]c2ccccc2n1C1CCN(C2CCN(c3ccco3)CC2)CC1. The summed E-state index contributed by atoms with van der Waals surface area (Å²) in [6.07, 6.45) is 6.19. The Morgan fingerprint density at radius 3 is 2.37 bits per heavy atom. The van der Waals surface area contributed by atoms with Gasteiger partial charge in [0.1, 0.15) is 0 Å². The van der Waals surface area contributed by atoms with Crippen LogP contribution in [0.5, 0.6) is 0 Å². The third-order valence-corrected chi connectivity index (χ3v) is 6.29. The zero-order chi connectivity index (χ0) is 18.2. The molecule has 142 valence electrons. The Labute approximate surface area is 158 Å². The summed E-state index contributed by atoms with van der Waals surface area (Å²) in [6.45, 7) is 4.25. The molecule has 27 heavy (non-hydrogen) atoms. The number of imidazole rings is 1. The number of nitrogens with zero attached hydrogens (tertiary/aromatic N) is 3. The molecule has 0 saturated carbocycles. The number of fused-ring (bicyclic) bond motifs is 1. The fourth-order valence-corrected chi connectivity index (χ4v) is 4.85. The Morgan fingerprint density at radius 2 is 1.63 bits per heavy atom. The molecule has 4 heterocycles. The molecule has 1 N–H and O–H groups in total. The lowest BCUT2D eigenvalue weighted by Crippen LogP contribution is -2.48. The quantitative estimate of drug-likeness (QED) is 0.773. The van der Waals surface area contributed by atoms with Crippen LogP contribution in [-0.4, -0.2) is 46.7 Å². The van der Waals surface area contributed by atoms with E-state index in [2.05, 4.69) is 14.8 Å². The van der Waals surface area contributed by atoms with Crippen LogP contribution < -0.4 is 10.6 Å². The number of nitrogens with one attached hydrogen (secondary N) is 1. The number of H-pyrrole nitrogens is 1. The average molecular weight is 366 g/mol. The van der Waals surface area contributed by atoms with E-state index in [9.17, 15) is 4.79 Å². The molecule has 0 atom stereocenters. The zero-order valence-electron chi connectivity index (χ0n) is 15.5. The van der Waals surface area contributed by atoms with Crippen LogP contribution in [0.1, 0.15) is 31.7 Å². The number of para-hydroxylation sites is 2. The van der Waals surface area contributed by atoms with Crippen molar-refractivity contribution in [2.45, 2.75) is 37.8 Å². The third-order valence-electron chi connectivity index (χ3n) is 6.29. The molecule has 0 spiro atoms. The maximum absolute atomic E-state index is 12.4. The number of anilines is 1. The summed E-state index contributed by atoms with van der Waals surface area (Å²) in [5.41, 5.74) is 2.00. The van der Waals surface area contributed by atoms with Crippen LogP contribution in [0.25, 0.3) is 11.0 Å². The molecule has 0 radical (unpaired) electrons. The minimum absolute atomic E-state index is 0.0291. The maximum atomic E-state index is 12.4. The highest BCUT2D eigenvalue weighted by Gasteiger charge is 2.30. The average Bonchev–Trinajstić information content (AvgIpc) is 3.36. The predicted molar refractivity (Wildman–Crippen MR) is 106 cm³/mol. The monoisotopic (exact) mass is 366 g/mol. The second-order valence-corrected chi connectivity index (χ2v) is 7.75. The number of hydrogen-bond acceptors (Lipinski definition) is 4. The van der Waals surface area contributed by atoms with E-state index in [1.807, 2.05) is 41.0 Å². The first-order valence-electron chi connectivity index (χ1n) is 10.0. The Hall–Kier alpha value is -2.47. The smallest absolute Gasteiger partial charge is 0.326 e. The molecule has 2 aliphatic heterocycles. The number of rotatable bonds is 3. The van der Waals surface area contributed by atoms with Gasteiger partial charge < -0.3 is 19.2 Å². The first kappa shape index (κ1) is 16.7. The minimum atomic E-state index is 0.0291. The molecule has 0 amide bonds. The molecule has 6 heteroatoms. The molecule has 5 rings (SSSR count). The molecule has 2 aliphatic rings. The van der Waals surface area contributed by atoms with Crippen LogP contribution in [0.3, 0.4) is 0 Å². The van der Waals surface area contributed by atoms with Crippen LogP contribution in [0.15, 0.2) is 51.9 Å². The van der Waals surface area contributed by atoms with Gasteiger partial charge in [-0.05, 0) is 43.9 Å². The van der Waals surface area contributed by atoms with E-state index in [4.69, 9.17) is 4.42 Å². The molecule has 6 nitrogen and oxygen atoms in total. The normalized spacial score (nSPS) is 20.5. The van der Waals surface area contributed by atoms with Gasteiger partial charge in [0.05, 0.1) is 17.3 Å². The zero-order valence-corrected chi connectivity index (χ0v) is 15.5. The maximum Gasteiger partial charge on any atom is 0.326 e. The summed E-state index contributed by atoms with van der Waals surface area (Å²) in [5, 5.41) is 0. The number of aromatic nitrogens is 2. The second kappa shape index (κ2) is 6.93. The highest BCUT2D eigenvalue weighted by atomic mass is 16.3. The Kier molecular flexibility index (Phi) is 4.28. The number of benzene rings is 1. The van der Waals surface area contributed by atoms with E-state index in [0.29, 0.717) is 12.1 Å². The fourth-order valence-electron chi connectivity index (χ4n) is 4.85. The van der Waals surface area contributed by atoms with E-state index >= 15 is 0 Å². The molecule has 3 aromatic rings. The van der Waals surface area contributed by atoms with Crippen molar-refractivity contribution in [1.29, 1.82) is 0 Å². The topological polar surface area (TPSA) is 57.4 Å². The van der Waals surface area contributed by atoms with Gasteiger partial charge >= 0.3 is 5.69 Å². The van der Waals surface area contributed by atoms with Crippen LogP contribution in [0, 0.1) is 0 Å². The Bertz CT molecular complexity index is 942. The molecule has 1 aromatic carbocycles. The molecular formula is C21H26N4O2. The van der Waals surface area contributed by atoms with Gasteiger partial charge in [0.15, 0.2) is 5.88 Å². The number of likely N-dealkylation sites (tertiary alicyclic amines) is 1. The first-order valence-corrected chi connectivity index (χ1v) is 10.0.